The average Bonchev–Trinajstić information content (AvgIpc) is 3.03. The van der Waals surface area contributed by atoms with Crippen molar-refractivity contribution in [2.24, 2.45) is 4.99 Å². The van der Waals surface area contributed by atoms with Gasteiger partial charge < -0.3 is 4.98 Å². The van der Waals surface area contributed by atoms with Crippen LogP contribution in [-0.2, 0) is 0 Å². The number of aromatic nitrogens is 1. The Kier molecular flexibility index (Phi) is 2.92. The third-order valence-electron chi connectivity index (χ3n) is 3.84. The topological polar surface area (TPSA) is 60.4 Å². The molecule has 0 spiro atoms. The summed E-state index contributed by atoms with van der Waals surface area (Å²) in [6.07, 6.45) is 0. The van der Waals surface area contributed by atoms with Crippen molar-refractivity contribution >= 4 is 38.1 Å². The minimum Gasteiger partial charge on any atom is -0.353 e. The van der Waals surface area contributed by atoms with Gasteiger partial charge in [0, 0.05) is 26.2 Å². The van der Waals surface area contributed by atoms with Gasteiger partial charge in [0.05, 0.1) is 22.4 Å². The van der Waals surface area contributed by atoms with Gasteiger partial charge in [0.25, 0.3) is 0 Å². The molecule has 1 aliphatic heterocycles. The minimum absolute atomic E-state index is 0.634. The maximum Gasteiger partial charge on any atom is 0.0937 e. The lowest BCUT2D eigenvalue weighted by molar-refractivity contribution is 0.389. The Morgan fingerprint density at radius 2 is 2.00 bits per heavy atom. The number of rotatable bonds is 2. The largest absolute Gasteiger partial charge is 0.353 e. The van der Waals surface area contributed by atoms with E-state index in [1.807, 2.05) is 42.5 Å². The first kappa shape index (κ1) is 13.3. The van der Waals surface area contributed by atoms with Crippen LogP contribution in [0.25, 0.3) is 16.5 Å². The summed E-state index contributed by atoms with van der Waals surface area (Å²) < 4.78 is 0.975. The van der Waals surface area contributed by atoms with Crippen LogP contribution in [0.3, 0.4) is 0 Å². The number of halogens is 1. The van der Waals surface area contributed by atoms with E-state index in [2.05, 4.69) is 38.0 Å². The van der Waals surface area contributed by atoms with E-state index in [0.29, 0.717) is 11.4 Å². The molecular weight excluding hydrogens is 342 g/mol. The van der Waals surface area contributed by atoms with Crippen molar-refractivity contribution in [3.8, 4) is 0 Å². The second-order valence-corrected chi connectivity index (χ2v) is 6.04. The second-order valence-electron chi connectivity index (χ2n) is 5.13. The van der Waals surface area contributed by atoms with Crippen molar-refractivity contribution in [3.05, 3.63) is 75.5 Å². The molecule has 0 saturated heterocycles. The van der Waals surface area contributed by atoms with Crippen molar-refractivity contribution < 1.29 is 5.21 Å². The van der Waals surface area contributed by atoms with Gasteiger partial charge in [0.15, 0.2) is 0 Å². The SMILES string of the molecule is C=C1N=c2ccc(Br)cc2=C1c1[nH]c2ccccc2c1NO. The van der Waals surface area contributed by atoms with Gasteiger partial charge in [-0.2, -0.15) is 0 Å². The number of benzene rings is 2. The van der Waals surface area contributed by atoms with Crippen molar-refractivity contribution in [2.45, 2.75) is 0 Å². The quantitative estimate of drug-likeness (QED) is 0.620. The molecule has 0 fully saturated rings. The van der Waals surface area contributed by atoms with Gasteiger partial charge in [-0.1, -0.05) is 40.7 Å². The van der Waals surface area contributed by atoms with Crippen LogP contribution in [0, 0.1) is 0 Å². The number of allylic oxidation sites excluding steroid dienone is 1. The Bertz CT molecular complexity index is 1050. The zero-order chi connectivity index (χ0) is 15.3. The first-order chi connectivity index (χ1) is 10.7. The molecule has 5 heteroatoms. The van der Waals surface area contributed by atoms with Crippen molar-refractivity contribution in [3.63, 3.8) is 0 Å². The fourth-order valence-corrected chi connectivity index (χ4v) is 3.25. The predicted molar refractivity (Wildman–Crippen MR) is 90.3 cm³/mol. The van der Waals surface area contributed by atoms with Gasteiger partial charge in [-0.15, -0.1) is 0 Å². The summed E-state index contributed by atoms with van der Waals surface area (Å²) in [5, 5.41) is 12.4. The smallest absolute Gasteiger partial charge is 0.0937 e. The van der Waals surface area contributed by atoms with Crippen molar-refractivity contribution in [1.29, 1.82) is 0 Å². The first-order valence-electron chi connectivity index (χ1n) is 6.78. The van der Waals surface area contributed by atoms with E-state index in [1.54, 1.807) is 0 Å². The van der Waals surface area contributed by atoms with E-state index >= 15 is 0 Å². The van der Waals surface area contributed by atoms with Gasteiger partial charge in [-0.3, -0.25) is 10.7 Å². The molecule has 2 heterocycles. The maximum absolute atomic E-state index is 9.60. The lowest BCUT2D eigenvalue weighted by atomic mass is 10.1. The zero-order valence-electron chi connectivity index (χ0n) is 11.5. The van der Waals surface area contributed by atoms with Crippen molar-refractivity contribution in [1.82, 2.24) is 4.98 Å². The molecule has 0 radical (unpaired) electrons. The van der Waals surface area contributed by atoms with Gasteiger partial charge in [-0.25, -0.2) is 4.99 Å². The van der Waals surface area contributed by atoms with E-state index in [0.717, 1.165) is 37.2 Å². The highest BCUT2D eigenvalue weighted by molar-refractivity contribution is 9.10. The van der Waals surface area contributed by atoms with E-state index < -0.39 is 0 Å². The van der Waals surface area contributed by atoms with Crippen LogP contribution in [-0.4, -0.2) is 10.2 Å². The molecule has 3 N–H and O–H groups in total. The number of hydrogen-bond acceptors (Lipinski definition) is 3. The zero-order valence-corrected chi connectivity index (χ0v) is 13.1. The number of anilines is 1. The van der Waals surface area contributed by atoms with Crippen LogP contribution in [0.1, 0.15) is 5.69 Å². The first-order valence-corrected chi connectivity index (χ1v) is 7.57. The highest BCUT2D eigenvalue weighted by atomic mass is 79.9. The normalized spacial score (nSPS) is 13.4. The van der Waals surface area contributed by atoms with Crippen molar-refractivity contribution in [2.75, 3.05) is 5.48 Å². The van der Waals surface area contributed by atoms with Gasteiger partial charge >= 0.3 is 0 Å². The lowest BCUT2D eigenvalue weighted by Crippen LogP contribution is -2.23. The molecule has 2 aromatic carbocycles. The van der Waals surface area contributed by atoms with Crippen LogP contribution in [0.5, 0.6) is 0 Å². The molecule has 0 bridgehead atoms. The molecule has 0 saturated carbocycles. The average molecular weight is 354 g/mol. The number of fused-ring (bicyclic) bond motifs is 2. The van der Waals surface area contributed by atoms with Gasteiger partial charge in [0.2, 0.25) is 0 Å². The van der Waals surface area contributed by atoms with Crippen LogP contribution in [0.15, 0.2) is 64.2 Å². The molecule has 0 unspecified atom stereocenters. The van der Waals surface area contributed by atoms with Crippen LogP contribution >= 0.6 is 15.9 Å². The molecule has 0 aliphatic carbocycles. The van der Waals surface area contributed by atoms with E-state index in [-0.39, 0.29) is 0 Å². The molecule has 4 nitrogen and oxygen atoms in total. The molecular formula is C17H12BrN3O. The molecule has 0 atom stereocenters. The summed E-state index contributed by atoms with van der Waals surface area (Å²) in [4.78, 5) is 7.87. The fraction of sp³-hybridized carbons (Fsp3) is 0. The van der Waals surface area contributed by atoms with E-state index in [4.69, 9.17) is 0 Å². The number of H-pyrrole nitrogens is 1. The van der Waals surface area contributed by atoms with Crippen LogP contribution < -0.4 is 16.1 Å². The summed E-state index contributed by atoms with van der Waals surface area (Å²) in [6.45, 7) is 4.05. The Hall–Kier alpha value is -2.37. The number of aromatic amines is 1. The fourth-order valence-electron chi connectivity index (χ4n) is 2.89. The summed E-state index contributed by atoms with van der Waals surface area (Å²) in [5.74, 6) is 0. The Morgan fingerprint density at radius 3 is 2.82 bits per heavy atom. The molecule has 1 aromatic heterocycles. The summed E-state index contributed by atoms with van der Waals surface area (Å²) in [6, 6.07) is 13.7. The van der Waals surface area contributed by atoms with E-state index in [9.17, 15) is 5.21 Å². The summed E-state index contributed by atoms with van der Waals surface area (Å²) in [7, 11) is 0. The number of hydrogen-bond donors (Lipinski definition) is 3. The number of nitrogens with zero attached hydrogens (tertiary/aromatic N) is 1. The number of para-hydroxylation sites is 1. The molecule has 108 valence electrons. The molecule has 1 aliphatic rings. The standard InChI is InChI=1S/C17H12BrN3O/c1-9-15(12-8-10(18)6-7-14(12)19-9)17-16(21-22)11-4-2-3-5-13(11)20-17/h2-8,20-22H,1H2. The Balaban J connectivity index is 2.14. The lowest BCUT2D eigenvalue weighted by Gasteiger charge is -2.05. The third kappa shape index (κ3) is 1.83. The Morgan fingerprint density at radius 1 is 1.18 bits per heavy atom. The minimum atomic E-state index is 0.634. The van der Waals surface area contributed by atoms with E-state index in [1.165, 1.54) is 0 Å². The highest BCUT2D eigenvalue weighted by Gasteiger charge is 2.20. The molecule has 4 rings (SSSR count). The summed E-state index contributed by atoms with van der Waals surface area (Å²) >= 11 is 3.50. The predicted octanol–water partition coefficient (Wildman–Crippen LogP) is 3.08. The molecule has 22 heavy (non-hydrogen) atoms. The third-order valence-corrected chi connectivity index (χ3v) is 4.33. The van der Waals surface area contributed by atoms with Gasteiger partial charge in [0.1, 0.15) is 0 Å². The second kappa shape index (κ2) is 4.83. The van der Waals surface area contributed by atoms with Crippen LogP contribution in [0.4, 0.5) is 5.69 Å². The Labute approximate surface area is 134 Å². The summed E-state index contributed by atoms with van der Waals surface area (Å²) in [5.41, 5.74) is 6.25. The number of nitrogens with one attached hydrogen (secondary N) is 2. The van der Waals surface area contributed by atoms with Crippen LogP contribution in [0.2, 0.25) is 0 Å². The molecule has 3 aromatic rings. The molecule has 0 amide bonds. The highest BCUT2D eigenvalue weighted by Crippen LogP contribution is 2.34. The monoisotopic (exact) mass is 353 g/mol. The van der Waals surface area contributed by atoms with Gasteiger partial charge in [-0.05, 0) is 24.3 Å². The maximum atomic E-state index is 9.60.